The molecule has 0 amide bonds. The first-order valence-corrected chi connectivity index (χ1v) is 9.70. The fraction of sp³-hybridized carbons (Fsp3) is 0.190. The summed E-state index contributed by atoms with van der Waals surface area (Å²) < 4.78 is 10.4. The van der Waals surface area contributed by atoms with Gasteiger partial charge in [0.2, 0.25) is 5.06 Å². The van der Waals surface area contributed by atoms with Gasteiger partial charge in [0.15, 0.2) is 0 Å². The van der Waals surface area contributed by atoms with Crippen LogP contribution in [0.4, 0.5) is 5.69 Å². The largest absolute Gasteiger partial charge is 0.442 e. The summed E-state index contributed by atoms with van der Waals surface area (Å²) in [5.74, 6) is 0.472. The Bertz CT molecular complexity index is 1080. The van der Waals surface area contributed by atoms with Crippen LogP contribution >= 0.6 is 23.1 Å². The summed E-state index contributed by atoms with van der Waals surface area (Å²) in [4.78, 5) is 6.25. The van der Waals surface area contributed by atoms with Crippen LogP contribution < -0.4 is 4.74 Å². The fourth-order valence-corrected chi connectivity index (χ4v) is 3.53. The third-order valence-corrected chi connectivity index (χ3v) is 5.08. The maximum atomic E-state index is 9.69. The monoisotopic (exact) mass is 410 g/mol. The summed E-state index contributed by atoms with van der Waals surface area (Å²) in [6, 6.07) is 13.6. The van der Waals surface area contributed by atoms with Crippen LogP contribution in [0, 0.1) is 25.2 Å². The lowest BCUT2D eigenvalue weighted by molar-refractivity contribution is 0.495. The van der Waals surface area contributed by atoms with Gasteiger partial charge in [-0.15, -0.1) is 0 Å². The molecule has 0 fully saturated rings. The zero-order chi connectivity index (χ0) is 20.3. The summed E-state index contributed by atoms with van der Waals surface area (Å²) in [5.41, 5.74) is 4.67. The second-order valence-electron chi connectivity index (χ2n) is 6.50. The number of aromatic nitrogens is 1. The predicted octanol–water partition coefficient (Wildman–Crippen LogP) is 5.97. The van der Waals surface area contributed by atoms with Crippen molar-refractivity contribution in [2.24, 2.45) is 4.99 Å². The lowest BCUT2D eigenvalue weighted by Crippen LogP contribution is -2.07. The van der Waals surface area contributed by atoms with E-state index in [1.807, 2.05) is 63.2 Å². The van der Waals surface area contributed by atoms with Crippen LogP contribution in [-0.4, -0.2) is 29.7 Å². The Labute approximate surface area is 173 Å². The number of halogens is 1. The summed E-state index contributed by atoms with van der Waals surface area (Å²) >= 11 is 7.54. The highest BCUT2D eigenvalue weighted by molar-refractivity contribution is 7.08. The molecule has 1 aromatic heterocycles. The van der Waals surface area contributed by atoms with Gasteiger partial charge in [-0.2, -0.15) is 9.64 Å². The van der Waals surface area contributed by atoms with Gasteiger partial charge >= 0.3 is 0 Å². The van der Waals surface area contributed by atoms with Crippen LogP contribution in [0.15, 0.2) is 41.4 Å². The van der Waals surface area contributed by atoms with E-state index < -0.39 is 0 Å². The highest BCUT2D eigenvalue weighted by Crippen LogP contribution is 2.41. The highest BCUT2D eigenvalue weighted by Gasteiger charge is 2.19. The summed E-state index contributed by atoms with van der Waals surface area (Å²) in [6.45, 7) is 3.92. The molecule has 0 bridgehead atoms. The zero-order valence-electron chi connectivity index (χ0n) is 16.0. The van der Waals surface area contributed by atoms with Gasteiger partial charge in [-0.3, -0.25) is 0 Å². The van der Waals surface area contributed by atoms with E-state index in [2.05, 4.69) is 15.4 Å². The Morgan fingerprint density at radius 1 is 1.21 bits per heavy atom. The number of benzene rings is 2. The molecular formula is C21H19ClN4OS. The van der Waals surface area contributed by atoms with Crippen molar-refractivity contribution in [3.63, 3.8) is 0 Å². The Balaban J connectivity index is 1.96. The van der Waals surface area contributed by atoms with Crippen molar-refractivity contribution in [1.82, 2.24) is 9.27 Å². The topological polar surface area (TPSA) is 61.5 Å². The first kappa shape index (κ1) is 19.9. The third kappa shape index (κ3) is 4.16. The SMILES string of the molecule is Cc1cc(Oc2snc(-c3ccccc3C)c2C#N)c(Cl)cc1N=CN(C)C. The standard InChI is InChI=1S/C21H19ClN4OS/c1-13-7-5-6-8-15(13)20-16(11-23)21(28-25-20)27-19-9-14(2)18(10-17(19)22)24-12-26(3)4/h5-10,12H,1-4H3. The number of aliphatic imine (C=N–C) groups is 1. The molecule has 3 rings (SSSR count). The maximum absolute atomic E-state index is 9.69. The highest BCUT2D eigenvalue weighted by atomic mass is 35.5. The average molecular weight is 411 g/mol. The number of nitrogens with zero attached hydrogens (tertiary/aromatic N) is 4. The molecule has 5 nitrogen and oxygen atoms in total. The molecular weight excluding hydrogens is 392 g/mol. The zero-order valence-corrected chi connectivity index (χ0v) is 17.6. The molecule has 1 heterocycles. The minimum absolute atomic E-state index is 0.405. The first-order valence-electron chi connectivity index (χ1n) is 8.55. The van der Waals surface area contributed by atoms with E-state index >= 15 is 0 Å². The average Bonchev–Trinajstić information content (AvgIpc) is 3.06. The molecule has 3 aromatic rings. The van der Waals surface area contributed by atoms with Crippen molar-refractivity contribution >= 4 is 35.2 Å². The smallest absolute Gasteiger partial charge is 0.218 e. The van der Waals surface area contributed by atoms with E-state index in [1.165, 1.54) is 0 Å². The van der Waals surface area contributed by atoms with Crippen molar-refractivity contribution in [2.75, 3.05) is 14.1 Å². The number of nitriles is 1. The van der Waals surface area contributed by atoms with Gasteiger partial charge in [-0.05, 0) is 37.1 Å². The van der Waals surface area contributed by atoms with E-state index in [1.54, 1.807) is 12.4 Å². The van der Waals surface area contributed by atoms with Crippen LogP contribution in [-0.2, 0) is 0 Å². The summed E-state index contributed by atoms with van der Waals surface area (Å²) in [7, 11) is 3.80. The van der Waals surface area contributed by atoms with Crippen molar-refractivity contribution < 1.29 is 4.74 Å². The molecule has 0 atom stereocenters. The molecule has 0 aliphatic carbocycles. The van der Waals surface area contributed by atoms with Crippen molar-refractivity contribution in [3.8, 4) is 28.1 Å². The van der Waals surface area contributed by atoms with E-state index in [9.17, 15) is 5.26 Å². The lowest BCUT2D eigenvalue weighted by atomic mass is 10.0. The summed E-state index contributed by atoms with van der Waals surface area (Å²) in [6.07, 6.45) is 1.71. The second kappa shape index (κ2) is 8.42. The van der Waals surface area contributed by atoms with Crippen LogP contribution in [0.1, 0.15) is 16.7 Å². The normalized spacial score (nSPS) is 10.9. The molecule has 0 unspecified atom stereocenters. The van der Waals surface area contributed by atoms with Crippen LogP contribution in [0.25, 0.3) is 11.3 Å². The molecule has 0 saturated carbocycles. The van der Waals surface area contributed by atoms with E-state index in [4.69, 9.17) is 16.3 Å². The molecule has 28 heavy (non-hydrogen) atoms. The number of ether oxygens (including phenoxy) is 1. The molecule has 0 spiro atoms. The minimum Gasteiger partial charge on any atom is -0.442 e. The minimum atomic E-state index is 0.405. The molecule has 7 heteroatoms. The van der Waals surface area contributed by atoms with Gasteiger partial charge in [-0.25, -0.2) is 4.99 Å². The quantitative estimate of drug-likeness (QED) is 0.384. The molecule has 0 aliphatic rings. The van der Waals surface area contributed by atoms with Crippen molar-refractivity contribution in [1.29, 1.82) is 5.26 Å². The van der Waals surface area contributed by atoms with Gasteiger partial charge < -0.3 is 9.64 Å². The Kier molecular flexibility index (Phi) is 5.98. The number of aryl methyl sites for hydroxylation is 2. The molecule has 142 valence electrons. The molecule has 2 aromatic carbocycles. The number of hydrogen-bond acceptors (Lipinski definition) is 5. The maximum Gasteiger partial charge on any atom is 0.218 e. The lowest BCUT2D eigenvalue weighted by Gasteiger charge is -2.10. The fourth-order valence-electron chi connectivity index (χ4n) is 2.61. The number of hydrogen-bond donors (Lipinski definition) is 0. The van der Waals surface area contributed by atoms with Gasteiger partial charge in [0, 0.05) is 31.2 Å². The Morgan fingerprint density at radius 3 is 2.64 bits per heavy atom. The molecule has 0 saturated heterocycles. The first-order chi connectivity index (χ1) is 13.4. The van der Waals surface area contributed by atoms with Crippen molar-refractivity contribution in [2.45, 2.75) is 13.8 Å². The molecule has 0 radical (unpaired) electrons. The van der Waals surface area contributed by atoms with E-state index in [0.29, 0.717) is 27.1 Å². The van der Waals surface area contributed by atoms with Crippen LogP contribution in [0.3, 0.4) is 0 Å². The van der Waals surface area contributed by atoms with Crippen LogP contribution in [0.2, 0.25) is 5.02 Å². The molecule has 0 N–H and O–H groups in total. The summed E-state index contributed by atoms with van der Waals surface area (Å²) in [5, 5.41) is 10.5. The van der Waals surface area contributed by atoms with Gasteiger partial charge in [-0.1, -0.05) is 35.9 Å². The van der Waals surface area contributed by atoms with Gasteiger partial charge in [0.1, 0.15) is 23.1 Å². The Morgan fingerprint density at radius 2 is 1.96 bits per heavy atom. The third-order valence-electron chi connectivity index (χ3n) is 4.05. The predicted molar refractivity (Wildman–Crippen MR) is 115 cm³/mol. The van der Waals surface area contributed by atoms with E-state index in [-0.39, 0.29) is 0 Å². The second-order valence-corrected chi connectivity index (χ2v) is 7.64. The van der Waals surface area contributed by atoms with Gasteiger partial charge in [0.05, 0.1) is 17.0 Å². The van der Waals surface area contributed by atoms with E-state index in [0.717, 1.165) is 33.9 Å². The van der Waals surface area contributed by atoms with Gasteiger partial charge in [0.25, 0.3) is 0 Å². The van der Waals surface area contributed by atoms with Crippen LogP contribution in [0.5, 0.6) is 10.8 Å². The van der Waals surface area contributed by atoms with Crippen molar-refractivity contribution in [3.05, 3.63) is 58.1 Å². The number of rotatable bonds is 5. The Hall–Kier alpha value is -2.88. The molecule has 0 aliphatic heterocycles.